The molecule has 0 spiro atoms. The minimum absolute atomic E-state index is 0.592. The predicted octanol–water partition coefficient (Wildman–Crippen LogP) is 1.09. The first-order valence-corrected chi connectivity index (χ1v) is 5.62. The van der Waals surface area contributed by atoms with Crippen LogP contribution in [-0.4, -0.2) is 50.3 Å². The zero-order chi connectivity index (χ0) is 10.6. The largest absolute Gasteiger partial charge is 0.380 e. The summed E-state index contributed by atoms with van der Waals surface area (Å²) in [6, 6.07) is 1.85. The molecule has 3 heteroatoms. The van der Waals surface area contributed by atoms with Gasteiger partial charge in [0.2, 0.25) is 0 Å². The molecule has 1 N–H and O–H groups in total. The quantitative estimate of drug-likeness (QED) is 0.719. The van der Waals surface area contributed by atoms with Crippen molar-refractivity contribution >= 4 is 0 Å². The van der Waals surface area contributed by atoms with Crippen LogP contribution in [0.1, 0.15) is 26.7 Å². The summed E-state index contributed by atoms with van der Waals surface area (Å²) in [7, 11) is 4.24. The summed E-state index contributed by atoms with van der Waals surface area (Å²) >= 11 is 0. The van der Waals surface area contributed by atoms with Crippen LogP contribution >= 0.6 is 0 Å². The average Bonchev–Trinajstić information content (AvgIpc) is 2.69. The van der Waals surface area contributed by atoms with Crippen LogP contribution in [0.25, 0.3) is 0 Å². The smallest absolute Gasteiger partial charge is 0.0622 e. The normalized spacial score (nSPS) is 26.8. The summed E-state index contributed by atoms with van der Waals surface area (Å²) in [5.74, 6) is 0. The van der Waals surface area contributed by atoms with E-state index in [2.05, 4.69) is 31.1 Å². The van der Waals surface area contributed by atoms with Crippen LogP contribution in [0.3, 0.4) is 0 Å². The fourth-order valence-electron chi connectivity index (χ4n) is 2.00. The van der Waals surface area contributed by atoms with Gasteiger partial charge in [0, 0.05) is 24.7 Å². The second-order valence-electron chi connectivity index (χ2n) is 4.46. The summed E-state index contributed by atoms with van der Waals surface area (Å²) < 4.78 is 5.40. The van der Waals surface area contributed by atoms with Crippen molar-refractivity contribution in [3.63, 3.8) is 0 Å². The molecule has 1 saturated heterocycles. The Morgan fingerprint density at radius 2 is 2.21 bits per heavy atom. The summed E-state index contributed by atoms with van der Waals surface area (Å²) in [4.78, 5) is 2.46. The molecule has 1 rings (SSSR count). The van der Waals surface area contributed by atoms with Crippen molar-refractivity contribution in [3.8, 4) is 0 Å². The molecule has 0 amide bonds. The summed E-state index contributed by atoms with van der Waals surface area (Å²) in [6.07, 6.45) is 2.39. The molecule has 1 heterocycles. The third-order valence-electron chi connectivity index (χ3n) is 3.36. The summed E-state index contributed by atoms with van der Waals surface area (Å²) in [5.41, 5.74) is 0. The van der Waals surface area contributed by atoms with Gasteiger partial charge in [0.1, 0.15) is 0 Å². The Kier molecular flexibility index (Phi) is 4.85. The van der Waals surface area contributed by atoms with Gasteiger partial charge < -0.3 is 10.1 Å². The lowest BCUT2D eigenvalue weighted by Gasteiger charge is -2.31. The molecule has 0 aliphatic carbocycles. The van der Waals surface area contributed by atoms with Gasteiger partial charge in [-0.2, -0.15) is 0 Å². The Hall–Kier alpha value is -0.120. The second kappa shape index (κ2) is 5.69. The van der Waals surface area contributed by atoms with Gasteiger partial charge in [-0.15, -0.1) is 0 Å². The molecule has 1 aliphatic rings. The lowest BCUT2D eigenvalue weighted by atomic mass is 10.1. The molecule has 14 heavy (non-hydrogen) atoms. The Balaban J connectivity index is 2.31. The first-order valence-electron chi connectivity index (χ1n) is 5.62. The van der Waals surface area contributed by atoms with Gasteiger partial charge in [0.15, 0.2) is 0 Å². The standard InChI is InChI=1S/C11H24N2O/c1-9(12-3)7-10(2)13(4)11-5-6-14-8-11/h9-12H,5-8H2,1-4H3. The number of hydrogen-bond donors (Lipinski definition) is 1. The van der Waals surface area contributed by atoms with E-state index in [0.717, 1.165) is 13.2 Å². The van der Waals surface area contributed by atoms with Gasteiger partial charge in [-0.25, -0.2) is 0 Å². The van der Waals surface area contributed by atoms with Crippen molar-refractivity contribution in [1.29, 1.82) is 0 Å². The minimum Gasteiger partial charge on any atom is -0.380 e. The molecule has 0 bridgehead atoms. The zero-order valence-corrected chi connectivity index (χ0v) is 9.92. The highest BCUT2D eigenvalue weighted by Crippen LogP contribution is 2.15. The van der Waals surface area contributed by atoms with E-state index in [1.165, 1.54) is 12.8 Å². The molecular formula is C11H24N2O. The topological polar surface area (TPSA) is 24.5 Å². The molecule has 3 unspecified atom stereocenters. The van der Waals surface area contributed by atoms with Crippen LogP contribution in [-0.2, 0) is 4.74 Å². The highest BCUT2D eigenvalue weighted by Gasteiger charge is 2.24. The third-order valence-corrected chi connectivity index (χ3v) is 3.36. The first kappa shape index (κ1) is 12.0. The maximum Gasteiger partial charge on any atom is 0.0622 e. The van der Waals surface area contributed by atoms with E-state index in [9.17, 15) is 0 Å². The lowest BCUT2D eigenvalue weighted by molar-refractivity contribution is 0.131. The average molecular weight is 200 g/mol. The highest BCUT2D eigenvalue weighted by molar-refractivity contribution is 4.79. The van der Waals surface area contributed by atoms with E-state index in [4.69, 9.17) is 4.74 Å². The molecule has 1 aliphatic heterocycles. The van der Waals surface area contributed by atoms with Gasteiger partial charge in [0.05, 0.1) is 6.61 Å². The lowest BCUT2D eigenvalue weighted by Crippen LogP contribution is -2.41. The molecule has 1 fully saturated rings. The maximum absolute atomic E-state index is 5.40. The highest BCUT2D eigenvalue weighted by atomic mass is 16.5. The van der Waals surface area contributed by atoms with Gasteiger partial charge in [-0.1, -0.05) is 0 Å². The van der Waals surface area contributed by atoms with Crippen molar-refractivity contribution < 1.29 is 4.74 Å². The van der Waals surface area contributed by atoms with Crippen molar-refractivity contribution in [2.45, 2.75) is 44.8 Å². The van der Waals surface area contributed by atoms with Crippen molar-refractivity contribution in [2.75, 3.05) is 27.3 Å². The molecule has 0 radical (unpaired) electrons. The van der Waals surface area contributed by atoms with Crippen LogP contribution in [0.15, 0.2) is 0 Å². The van der Waals surface area contributed by atoms with E-state index < -0.39 is 0 Å². The fraction of sp³-hybridized carbons (Fsp3) is 1.00. The van der Waals surface area contributed by atoms with Crippen LogP contribution in [0.4, 0.5) is 0 Å². The Labute approximate surface area is 87.8 Å². The van der Waals surface area contributed by atoms with Crippen molar-refractivity contribution in [3.05, 3.63) is 0 Å². The van der Waals surface area contributed by atoms with Crippen LogP contribution in [0, 0.1) is 0 Å². The second-order valence-corrected chi connectivity index (χ2v) is 4.46. The molecule has 3 atom stereocenters. The van der Waals surface area contributed by atoms with Crippen molar-refractivity contribution in [1.82, 2.24) is 10.2 Å². The molecule has 84 valence electrons. The summed E-state index contributed by atoms with van der Waals surface area (Å²) in [6.45, 7) is 6.37. The Bertz CT molecular complexity index is 157. The number of likely N-dealkylation sites (N-methyl/N-ethyl adjacent to an activating group) is 1. The zero-order valence-electron chi connectivity index (χ0n) is 9.92. The van der Waals surface area contributed by atoms with E-state index >= 15 is 0 Å². The van der Waals surface area contributed by atoms with E-state index in [-0.39, 0.29) is 0 Å². The number of nitrogens with zero attached hydrogens (tertiary/aromatic N) is 1. The molecule has 0 aromatic rings. The van der Waals surface area contributed by atoms with Crippen LogP contribution in [0.2, 0.25) is 0 Å². The monoisotopic (exact) mass is 200 g/mol. The van der Waals surface area contributed by atoms with Gasteiger partial charge in [0.25, 0.3) is 0 Å². The van der Waals surface area contributed by atoms with Crippen molar-refractivity contribution in [2.24, 2.45) is 0 Å². The Morgan fingerprint density at radius 1 is 1.50 bits per heavy atom. The number of hydrogen-bond acceptors (Lipinski definition) is 3. The van der Waals surface area contributed by atoms with Crippen LogP contribution in [0.5, 0.6) is 0 Å². The molecule has 0 aromatic carbocycles. The fourth-order valence-corrected chi connectivity index (χ4v) is 2.00. The molecular weight excluding hydrogens is 176 g/mol. The number of ether oxygens (including phenoxy) is 1. The van der Waals surface area contributed by atoms with E-state index in [1.807, 2.05) is 7.05 Å². The first-order chi connectivity index (χ1) is 6.65. The minimum atomic E-state index is 0.592. The maximum atomic E-state index is 5.40. The number of nitrogens with one attached hydrogen (secondary N) is 1. The van der Waals surface area contributed by atoms with E-state index in [1.54, 1.807) is 0 Å². The SMILES string of the molecule is CNC(C)CC(C)N(C)C1CCOC1. The van der Waals surface area contributed by atoms with E-state index in [0.29, 0.717) is 18.1 Å². The predicted molar refractivity (Wildman–Crippen MR) is 59.6 cm³/mol. The number of rotatable bonds is 5. The van der Waals surface area contributed by atoms with Gasteiger partial charge in [-0.3, -0.25) is 4.90 Å². The third kappa shape index (κ3) is 3.23. The Morgan fingerprint density at radius 3 is 2.71 bits per heavy atom. The molecule has 3 nitrogen and oxygen atoms in total. The molecule has 0 aromatic heterocycles. The van der Waals surface area contributed by atoms with Gasteiger partial charge >= 0.3 is 0 Å². The van der Waals surface area contributed by atoms with Gasteiger partial charge in [-0.05, 0) is 40.8 Å². The summed E-state index contributed by atoms with van der Waals surface area (Å²) in [5, 5.41) is 3.28. The molecule has 0 saturated carbocycles. The van der Waals surface area contributed by atoms with Crippen LogP contribution < -0.4 is 5.32 Å².